The van der Waals surface area contributed by atoms with E-state index in [0.29, 0.717) is 0 Å². The number of phenols is 1. The van der Waals surface area contributed by atoms with Gasteiger partial charge in [-0.15, -0.1) is 0 Å². The van der Waals surface area contributed by atoms with Crippen LogP contribution in [0.1, 0.15) is 29.9 Å². The molecule has 34 heavy (non-hydrogen) atoms. The van der Waals surface area contributed by atoms with Crippen molar-refractivity contribution in [3.05, 3.63) is 109 Å². The first kappa shape index (κ1) is 22.0. The van der Waals surface area contributed by atoms with Gasteiger partial charge in [0.05, 0.1) is 17.8 Å². The molecule has 2 aromatic heterocycles. The maximum Gasteiger partial charge on any atom is 0.170 e. The molecule has 2 aromatic carbocycles. The van der Waals surface area contributed by atoms with E-state index in [0.717, 1.165) is 47.4 Å². The molecule has 6 nitrogen and oxygen atoms in total. The van der Waals surface area contributed by atoms with E-state index in [1.165, 1.54) is 0 Å². The number of hydrogen-bond acceptors (Lipinski definition) is 4. The third-order valence-electron chi connectivity index (χ3n) is 6.09. The lowest BCUT2D eigenvalue weighted by molar-refractivity contribution is 0.307. The lowest BCUT2D eigenvalue weighted by atomic mass is 10.0. The Morgan fingerprint density at radius 2 is 1.74 bits per heavy atom. The first-order valence-corrected chi connectivity index (χ1v) is 11.9. The second-order valence-electron chi connectivity index (χ2n) is 8.29. The van der Waals surface area contributed by atoms with Crippen molar-refractivity contribution in [2.75, 3.05) is 18.4 Å². The summed E-state index contributed by atoms with van der Waals surface area (Å²) in [6.45, 7) is 1.66. The predicted molar refractivity (Wildman–Crippen MR) is 139 cm³/mol. The standard InChI is InChI=1S/C27H27N5OS/c33-22-14-12-21(13-15-22)31-18-6-11-24(31)26-25(23-10-4-5-16-29-23)30-27(34)32(26)19-7-17-28-20-8-2-1-3-9-20/h1-6,8-16,18,25-26,28,33H,7,17,19H2,(H,30,34). The molecule has 3 heterocycles. The van der Waals surface area contributed by atoms with Crippen LogP contribution in [0.2, 0.25) is 0 Å². The molecule has 1 aliphatic rings. The van der Waals surface area contributed by atoms with Gasteiger partial charge in [0.25, 0.3) is 0 Å². The summed E-state index contributed by atoms with van der Waals surface area (Å²) in [5.74, 6) is 0.250. The van der Waals surface area contributed by atoms with Crippen LogP contribution in [0.3, 0.4) is 0 Å². The normalized spacial score (nSPS) is 17.5. The van der Waals surface area contributed by atoms with Crippen molar-refractivity contribution in [1.29, 1.82) is 0 Å². The smallest absolute Gasteiger partial charge is 0.170 e. The average Bonchev–Trinajstić information content (AvgIpc) is 3.48. The van der Waals surface area contributed by atoms with Gasteiger partial charge in [0.2, 0.25) is 0 Å². The minimum atomic E-state index is -0.0680. The molecular weight excluding hydrogens is 442 g/mol. The van der Waals surface area contributed by atoms with Crippen LogP contribution in [0.15, 0.2) is 97.3 Å². The van der Waals surface area contributed by atoms with Gasteiger partial charge < -0.3 is 25.2 Å². The maximum absolute atomic E-state index is 9.75. The number of hydrogen-bond donors (Lipinski definition) is 3. The van der Waals surface area contributed by atoms with Gasteiger partial charge in [-0.1, -0.05) is 24.3 Å². The molecule has 2 unspecified atom stereocenters. The van der Waals surface area contributed by atoms with Crippen LogP contribution in [0.25, 0.3) is 5.69 Å². The second-order valence-corrected chi connectivity index (χ2v) is 8.67. The van der Waals surface area contributed by atoms with Crippen molar-refractivity contribution in [2.24, 2.45) is 0 Å². The van der Waals surface area contributed by atoms with Crippen molar-refractivity contribution in [3.63, 3.8) is 0 Å². The highest BCUT2D eigenvalue weighted by atomic mass is 32.1. The van der Waals surface area contributed by atoms with Gasteiger partial charge in [-0.25, -0.2) is 0 Å². The molecule has 0 bridgehead atoms. The second kappa shape index (κ2) is 9.97. The number of rotatable bonds is 8. The number of phenolic OH excluding ortho intramolecular Hbond substituents is 1. The summed E-state index contributed by atoms with van der Waals surface area (Å²) >= 11 is 5.81. The molecule has 0 spiro atoms. The topological polar surface area (TPSA) is 65.3 Å². The molecule has 2 atom stereocenters. The Kier molecular flexibility index (Phi) is 6.44. The van der Waals surface area contributed by atoms with Crippen molar-refractivity contribution < 1.29 is 5.11 Å². The van der Waals surface area contributed by atoms with Gasteiger partial charge in [-0.2, -0.15) is 0 Å². The van der Waals surface area contributed by atoms with E-state index in [-0.39, 0.29) is 17.8 Å². The van der Waals surface area contributed by atoms with E-state index in [2.05, 4.69) is 43.3 Å². The zero-order chi connectivity index (χ0) is 23.3. The Morgan fingerprint density at radius 3 is 2.50 bits per heavy atom. The third-order valence-corrected chi connectivity index (χ3v) is 6.44. The lowest BCUT2D eigenvalue weighted by Crippen LogP contribution is -2.32. The quantitative estimate of drug-likeness (QED) is 0.248. The van der Waals surface area contributed by atoms with Gasteiger partial charge in [-0.05, 0) is 79.3 Å². The zero-order valence-corrected chi connectivity index (χ0v) is 19.5. The summed E-state index contributed by atoms with van der Waals surface area (Å²) in [6.07, 6.45) is 4.80. The number of pyridine rings is 1. The van der Waals surface area contributed by atoms with Gasteiger partial charge in [0, 0.05) is 42.6 Å². The van der Waals surface area contributed by atoms with Crippen LogP contribution in [0.5, 0.6) is 5.75 Å². The van der Waals surface area contributed by atoms with Gasteiger partial charge in [-0.3, -0.25) is 4.98 Å². The molecule has 1 fully saturated rings. The van der Waals surface area contributed by atoms with Crippen LogP contribution in [-0.4, -0.2) is 37.8 Å². The number of thiocarbonyl (C=S) groups is 1. The Bertz CT molecular complexity index is 1230. The van der Waals surface area contributed by atoms with Crippen LogP contribution < -0.4 is 10.6 Å². The molecule has 0 amide bonds. The first-order valence-electron chi connectivity index (χ1n) is 11.4. The number of nitrogens with one attached hydrogen (secondary N) is 2. The van der Waals surface area contributed by atoms with E-state index in [4.69, 9.17) is 12.2 Å². The predicted octanol–water partition coefficient (Wildman–Crippen LogP) is 5.05. The molecule has 1 aliphatic heterocycles. The molecule has 0 saturated carbocycles. The summed E-state index contributed by atoms with van der Waals surface area (Å²) in [4.78, 5) is 6.91. The van der Waals surface area contributed by atoms with Crippen molar-refractivity contribution >= 4 is 23.0 Å². The fraction of sp³-hybridized carbons (Fsp3) is 0.185. The summed E-state index contributed by atoms with van der Waals surface area (Å²) < 4.78 is 2.16. The fourth-order valence-electron chi connectivity index (χ4n) is 4.49. The van der Waals surface area contributed by atoms with E-state index in [1.807, 2.05) is 67.0 Å². The zero-order valence-electron chi connectivity index (χ0n) is 18.7. The number of aromatic nitrogens is 2. The molecule has 0 aliphatic carbocycles. The van der Waals surface area contributed by atoms with Crippen LogP contribution >= 0.6 is 12.2 Å². The highest BCUT2D eigenvalue weighted by Gasteiger charge is 2.40. The largest absolute Gasteiger partial charge is 0.508 e. The molecule has 1 saturated heterocycles. The average molecular weight is 470 g/mol. The summed E-state index contributed by atoms with van der Waals surface area (Å²) in [5, 5.41) is 17.5. The Morgan fingerprint density at radius 1 is 0.941 bits per heavy atom. The molecule has 7 heteroatoms. The fourth-order valence-corrected chi connectivity index (χ4v) is 4.82. The maximum atomic E-state index is 9.75. The monoisotopic (exact) mass is 469 g/mol. The third kappa shape index (κ3) is 4.61. The summed E-state index contributed by atoms with van der Waals surface area (Å²) in [6, 6.07) is 27.6. The Balaban J connectivity index is 1.42. The Labute approximate surface area is 204 Å². The Hall–Kier alpha value is -3.84. The molecular formula is C27H27N5OS. The number of aromatic hydroxyl groups is 1. The van der Waals surface area contributed by atoms with Crippen LogP contribution in [0, 0.1) is 0 Å². The van der Waals surface area contributed by atoms with Crippen LogP contribution in [0.4, 0.5) is 5.69 Å². The first-order chi connectivity index (χ1) is 16.7. The molecule has 0 radical (unpaired) electrons. The molecule has 5 rings (SSSR count). The molecule has 4 aromatic rings. The number of benzene rings is 2. The number of nitrogens with zero attached hydrogens (tertiary/aromatic N) is 3. The molecule has 3 N–H and O–H groups in total. The highest BCUT2D eigenvalue weighted by Crippen LogP contribution is 2.39. The number of anilines is 1. The minimum Gasteiger partial charge on any atom is -0.508 e. The van der Waals surface area contributed by atoms with Crippen molar-refractivity contribution in [1.82, 2.24) is 19.8 Å². The summed E-state index contributed by atoms with van der Waals surface area (Å²) in [7, 11) is 0. The van der Waals surface area contributed by atoms with Crippen molar-refractivity contribution in [3.8, 4) is 11.4 Å². The lowest BCUT2D eigenvalue weighted by Gasteiger charge is -2.29. The van der Waals surface area contributed by atoms with Gasteiger partial charge in [0.15, 0.2) is 5.11 Å². The highest BCUT2D eigenvalue weighted by molar-refractivity contribution is 7.80. The van der Waals surface area contributed by atoms with E-state index < -0.39 is 0 Å². The van der Waals surface area contributed by atoms with Crippen molar-refractivity contribution in [2.45, 2.75) is 18.5 Å². The summed E-state index contributed by atoms with van der Waals surface area (Å²) in [5.41, 5.74) is 4.18. The SMILES string of the molecule is Oc1ccc(-n2cccc2C2C(c3ccccn3)NC(=S)N2CCCNc2ccccc2)cc1. The minimum absolute atomic E-state index is 0.0251. The van der Waals surface area contributed by atoms with E-state index in [9.17, 15) is 5.11 Å². The number of para-hydroxylation sites is 1. The van der Waals surface area contributed by atoms with Crippen LogP contribution in [-0.2, 0) is 0 Å². The van der Waals surface area contributed by atoms with Gasteiger partial charge >= 0.3 is 0 Å². The van der Waals surface area contributed by atoms with Gasteiger partial charge in [0.1, 0.15) is 5.75 Å². The van der Waals surface area contributed by atoms with E-state index >= 15 is 0 Å². The molecule has 172 valence electrons. The van der Waals surface area contributed by atoms with E-state index in [1.54, 1.807) is 12.1 Å².